The summed E-state index contributed by atoms with van der Waals surface area (Å²) in [6.07, 6.45) is 0. The number of methoxy groups -OCH3 is 1. The summed E-state index contributed by atoms with van der Waals surface area (Å²) >= 11 is 2.69. The molecule has 0 unspecified atom stereocenters. The first kappa shape index (κ1) is 21.7. The summed E-state index contributed by atoms with van der Waals surface area (Å²) < 4.78 is 4.72. The predicted octanol–water partition coefficient (Wildman–Crippen LogP) is 3.58. The molecule has 1 heterocycles. The van der Waals surface area contributed by atoms with Gasteiger partial charge in [-0.05, 0) is 24.3 Å². The van der Waals surface area contributed by atoms with Crippen molar-refractivity contribution in [2.75, 3.05) is 18.2 Å². The molecule has 0 fully saturated rings. The van der Waals surface area contributed by atoms with Crippen molar-refractivity contribution in [2.45, 2.75) is 15.8 Å². The number of nitrogens with one attached hydrogen (secondary N) is 2. The number of aromatic nitrogens is 2. The van der Waals surface area contributed by atoms with E-state index in [0.29, 0.717) is 22.3 Å². The molecular weight excluding hydrogens is 422 g/mol. The molecule has 0 spiro atoms. The number of ether oxygens (including phenoxy) is 1. The molecule has 1 aromatic heterocycles. The highest BCUT2D eigenvalue weighted by molar-refractivity contribution is 7.99. The molecule has 9 heteroatoms. The van der Waals surface area contributed by atoms with Crippen molar-refractivity contribution in [2.24, 2.45) is 0 Å². The molecule has 7 nitrogen and oxygen atoms in total. The van der Waals surface area contributed by atoms with Crippen LogP contribution in [-0.2, 0) is 15.3 Å². The molecule has 2 N–H and O–H groups in total. The monoisotopic (exact) mass is 441 g/mol. The summed E-state index contributed by atoms with van der Waals surface area (Å²) in [4.78, 5) is 44.2. The molecule has 2 aromatic carbocycles. The number of amides is 1. The molecular formula is C21H19N3O4S2. The van der Waals surface area contributed by atoms with Crippen LogP contribution in [0.3, 0.4) is 0 Å². The highest BCUT2D eigenvalue weighted by Crippen LogP contribution is 2.22. The fourth-order valence-corrected chi connectivity index (χ4v) is 4.01. The Balaban J connectivity index is 1.60. The van der Waals surface area contributed by atoms with E-state index >= 15 is 0 Å². The number of hydrogen-bond acceptors (Lipinski definition) is 7. The van der Waals surface area contributed by atoms with Gasteiger partial charge in [-0.3, -0.25) is 9.59 Å². The van der Waals surface area contributed by atoms with E-state index < -0.39 is 5.97 Å². The highest BCUT2D eigenvalue weighted by Gasteiger charge is 2.14. The van der Waals surface area contributed by atoms with E-state index in [2.05, 4.69) is 15.3 Å². The molecule has 0 bridgehead atoms. The smallest absolute Gasteiger partial charge is 0.339 e. The molecule has 3 aromatic rings. The van der Waals surface area contributed by atoms with Crippen molar-refractivity contribution in [1.29, 1.82) is 0 Å². The number of benzene rings is 2. The Bertz CT molecular complexity index is 1090. The number of anilines is 1. The van der Waals surface area contributed by atoms with Gasteiger partial charge < -0.3 is 15.0 Å². The van der Waals surface area contributed by atoms with Gasteiger partial charge in [-0.1, -0.05) is 42.1 Å². The molecule has 30 heavy (non-hydrogen) atoms. The number of nitrogens with zero attached hydrogens (tertiary/aromatic N) is 1. The van der Waals surface area contributed by atoms with Gasteiger partial charge in [0.05, 0.1) is 29.8 Å². The van der Waals surface area contributed by atoms with Gasteiger partial charge in [-0.25, -0.2) is 9.78 Å². The summed E-state index contributed by atoms with van der Waals surface area (Å²) in [5.41, 5.74) is 0.994. The number of thioether (sulfide) groups is 2. The topological polar surface area (TPSA) is 101 Å². The van der Waals surface area contributed by atoms with Gasteiger partial charge in [-0.15, -0.1) is 11.8 Å². The molecule has 0 saturated carbocycles. The Morgan fingerprint density at radius 3 is 2.57 bits per heavy atom. The van der Waals surface area contributed by atoms with E-state index in [0.717, 1.165) is 16.7 Å². The van der Waals surface area contributed by atoms with E-state index in [1.54, 1.807) is 36.0 Å². The van der Waals surface area contributed by atoms with Crippen LogP contribution in [0.1, 0.15) is 16.1 Å². The van der Waals surface area contributed by atoms with Gasteiger partial charge in [0.2, 0.25) is 5.91 Å². The first-order chi connectivity index (χ1) is 14.5. The van der Waals surface area contributed by atoms with Gasteiger partial charge in [0.15, 0.2) is 5.16 Å². The summed E-state index contributed by atoms with van der Waals surface area (Å²) in [7, 11) is 1.28. The number of carbonyl (C=O) groups is 2. The number of H-pyrrole nitrogens is 1. The summed E-state index contributed by atoms with van der Waals surface area (Å²) in [6.45, 7) is 0. The minimum absolute atomic E-state index is 0.0216. The lowest BCUT2D eigenvalue weighted by molar-refractivity contribution is -0.113. The molecule has 0 saturated heterocycles. The van der Waals surface area contributed by atoms with Crippen molar-refractivity contribution < 1.29 is 14.3 Å². The standard InChI is InChI=1S/C21H19N3O4S2/c1-28-20(27)16-9-5-6-10-17(16)23-19(26)13-30-21-22-14(11-18(25)24-21)12-29-15-7-3-2-4-8-15/h2-11H,12-13H2,1H3,(H,23,26)(H,22,24,25). The number of esters is 1. The second kappa shape index (κ2) is 10.7. The third-order valence-corrected chi connectivity index (χ3v) is 5.77. The first-order valence-corrected chi connectivity index (χ1v) is 10.9. The Hall–Kier alpha value is -3.04. The summed E-state index contributed by atoms with van der Waals surface area (Å²) in [6, 6.07) is 17.9. The fraction of sp³-hybridized carbons (Fsp3) is 0.143. The van der Waals surface area contributed by atoms with E-state index in [4.69, 9.17) is 4.74 Å². The van der Waals surface area contributed by atoms with Crippen LogP contribution in [0.5, 0.6) is 0 Å². The Morgan fingerprint density at radius 1 is 1.07 bits per heavy atom. The third-order valence-electron chi connectivity index (χ3n) is 3.85. The van der Waals surface area contributed by atoms with Crippen molar-refractivity contribution in [1.82, 2.24) is 9.97 Å². The zero-order chi connectivity index (χ0) is 21.3. The zero-order valence-electron chi connectivity index (χ0n) is 16.1. The third kappa shape index (κ3) is 6.23. The van der Waals surface area contributed by atoms with E-state index in [1.165, 1.54) is 13.2 Å². The average Bonchev–Trinajstić information content (AvgIpc) is 2.76. The van der Waals surface area contributed by atoms with E-state index in [9.17, 15) is 14.4 Å². The zero-order valence-corrected chi connectivity index (χ0v) is 17.7. The summed E-state index contributed by atoms with van der Waals surface area (Å²) in [5, 5.41) is 3.05. The Morgan fingerprint density at radius 2 is 1.80 bits per heavy atom. The maximum absolute atomic E-state index is 12.3. The molecule has 0 atom stereocenters. The Labute approximate surface area is 181 Å². The number of aromatic amines is 1. The lowest BCUT2D eigenvalue weighted by Gasteiger charge is -2.09. The van der Waals surface area contributed by atoms with Crippen molar-refractivity contribution in [3.05, 3.63) is 82.3 Å². The van der Waals surface area contributed by atoms with Gasteiger partial charge in [0.1, 0.15) is 0 Å². The maximum atomic E-state index is 12.3. The Kier molecular flexibility index (Phi) is 7.69. The average molecular weight is 442 g/mol. The lowest BCUT2D eigenvalue weighted by atomic mass is 10.2. The predicted molar refractivity (Wildman–Crippen MR) is 118 cm³/mol. The minimum Gasteiger partial charge on any atom is -0.465 e. The van der Waals surface area contributed by atoms with Crippen LogP contribution < -0.4 is 10.9 Å². The van der Waals surface area contributed by atoms with Crippen LogP contribution in [0, 0.1) is 0 Å². The minimum atomic E-state index is -0.534. The lowest BCUT2D eigenvalue weighted by Crippen LogP contribution is -2.18. The number of hydrogen-bond donors (Lipinski definition) is 2. The van der Waals surface area contributed by atoms with Crippen molar-refractivity contribution >= 4 is 41.1 Å². The van der Waals surface area contributed by atoms with Gasteiger partial charge >= 0.3 is 5.97 Å². The molecule has 0 radical (unpaired) electrons. The SMILES string of the molecule is COC(=O)c1ccccc1NC(=O)CSc1nc(CSc2ccccc2)cc(=O)[nH]1. The number of rotatable bonds is 8. The second-order valence-corrected chi connectivity index (χ2v) is 8.03. The summed E-state index contributed by atoms with van der Waals surface area (Å²) in [5.74, 6) is -0.301. The first-order valence-electron chi connectivity index (χ1n) is 8.93. The number of carbonyl (C=O) groups excluding carboxylic acids is 2. The van der Waals surface area contributed by atoms with Crippen LogP contribution in [0.4, 0.5) is 5.69 Å². The van der Waals surface area contributed by atoms with Crippen molar-refractivity contribution in [3.63, 3.8) is 0 Å². The quantitative estimate of drug-likeness (QED) is 0.313. The normalized spacial score (nSPS) is 10.4. The molecule has 0 aliphatic carbocycles. The molecule has 154 valence electrons. The molecule has 0 aliphatic heterocycles. The van der Waals surface area contributed by atoms with Crippen LogP contribution in [0.25, 0.3) is 0 Å². The molecule has 1 amide bonds. The fourth-order valence-electron chi connectivity index (χ4n) is 2.50. The molecule has 0 aliphatic rings. The van der Waals surface area contributed by atoms with E-state index in [-0.39, 0.29) is 22.8 Å². The maximum Gasteiger partial charge on any atom is 0.339 e. The van der Waals surface area contributed by atoms with Crippen LogP contribution in [-0.4, -0.2) is 34.7 Å². The van der Waals surface area contributed by atoms with E-state index in [1.807, 2.05) is 30.3 Å². The van der Waals surface area contributed by atoms with Crippen LogP contribution in [0.15, 0.2) is 75.5 Å². The highest BCUT2D eigenvalue weighted by atomic mass is 32.2. The molecule has 3 rings (SSSR count). The van der Waals surface area contributed by atoms with Gasteiger partial charge in [-0.2, -0.15) is 0 Å². The largest absolute Gasteiger partial charge is 0.465 e. The van der Waals surface area contributed by atoms with Crippen LogP contribution >= 0.6 is 23.5 Å². The van der Waals surface area contributed by atoms with Gasteiger partial charge in [0.25, 0.3) is 5.56 Å². The van der Waals surface area contributed by atoms with Crippen molar-refractivity contribution in [3.8, 4) is 0 Å². The van der Waals surface area contributed by atoms with Crippen LogP contribution in [0.2, 0.25) is 0 Å². The van der Waals surface area contributed by atoms with Gasteiger partial charge in [0, 0.05) is 16.7 Å². The second-order valence-electron chi connectivity index (χ2n) is 6.02. The number of para-hydroxylation sites is 1.